The second kappa shape index (κ2) is 5.75. The summed E-state index contributed by atoms with van der Waals surface area (Å²) in [5, 5.41) is 4.60. The van der Waals surface area contributed by atoms with E-state index in [1.165, 1.54) is 37.0 Å². The molecule has 0 saturated heterocycles. The molecule has 0 unspecified atom stereocenters. The number of carbonyl (C=O) groups is 1. The average Bonchev–Trinajstić information content (AvgIpc) is 2.65. The predicted molar refractivity (Wildman–Crippen MR) is 85.6 cm³/mol. The topological polar surface area (TPSA) is 55.1 Å². The quantitative estimate of drug-likeness (QED) is 0.609. The minimum absolute atomic E-state index is 0.0553. The van der Waals surface area contributed by atoms with Crippen molar-refractivity contribution in [2.24, 2.45) is 5.41 Å². The Morgan fingerprint density at radius 1 is 1.53 bits per heavy atom. The molecule has 1 fully saturated rings. The number of nitrogens with two attached hydrogens (primary N) is 1. The van der Waals surface area contributed by atoms with Gasteiger partial charge < -0.3 is 11.1 Å². The van der Waals surface area contributed by atoms with Crippen molar-refractivity contribution in [2.45, 2.75) is 44.4 Å². The number of nitrogen functional groups attached to an aromatic ring is 1. The molecule has 0 spiro atoms. The van der Waals surface area contributed by atoms with Crippen LogP contribution in [0, 0.1) is 5.41 Å². The molecule has 5 heteroatoms. The van der Waals surface area contributed by atoms with E-state index >= 15 is 0 Å². The van der Waals surface area contributed by atoms with Crippen molar-refractivity contribution < 1.29 is 4.79 Å². The van der Waals surface area contributed by atoms with Crippen LogP contribution in [-0.4, -0.2) is 18.6 Å². The Balaban J connectivity index is 2.15. The van der Waals surface area contributed by atoms with E-state index < -0.39 is 0 Å². The van der Waals surface area contributed by atoms with Crippen LogP contribution < -0.4 is 11.1 Å². The van der Waals surface area contributed by atoms with Gasteiger partial charge in [-0.2, -0.15) is 0 Å². The fraction of sp³-hybridized carbons (Fsp3) is 0.643. The van der Waals surface area contributed by atoms with Crippen LogP contribution in [-0.2, 0) is 0 Å². The normalized spacial score (nSPS) is 17.0. The lowest BCUT2D eigenvalue weighted by atomic mass is 9.67. The first-order valence-electron chi connectivity index (χ1n) is 6.74. The second-order valence-electron chi connectivity index (χ2n) is 5.32. The third kappa shape index (κ3) is 2.77. The maximum atomic E-state index is 11.6. The molecule has 0 aliphatic heterocycles. The lowest BCUT2D eigenvalue weighted by molar-refractivity contribution is 0.102. The highest BCUT2D eigenvalue weighted by Crippen LogP contribution is 2.46. The first kappa shape index (κ1) is 14.7. The van der Waals surface area contributed by atoms with Gasteiger partial charge in [-0.3, -0.25) is 4.79 Å². The summed E-state index contributed by atoms with van der Waals surface area (Å²) in [6.45, 7) is 4.84. The number of carbonyl (C=O) groups excluding carboxylic acids is 1. The third-order valence-electron chi connectivity index (χ3n) is 4.21. The Labute approximate surface area is 123 Å². The third-order valence-corrected chi connectivity index (χ3v) is 6.44. The van der Waals surface area contributed by atoms with E-state index in [1.807, 2.05) is 6.26 Å². The maximum absolute atomic E-state index is 11.6. The van der Waals surface area contributed by atoms with E-state index in [0.29, 0.717) is 16.0 Å². The summed E-state index contributed by atoms with van der Waals surface area (Å²) < 4.78 is 0. The van der Waals surface area contributed by atoms with E-state index in [9.17, 15) is 4.79 Å². The van der Waals surface area contributed by atoms with E-state index in [2.05, 4.69) is 12.2 Å². The molecule has 0 radical (unpaired) electrons. The highest BCUT2D eigenvalue weighted by Gasteiger charge is 2.35. The van der Waals surface area contributed by atoms with Gasteiger partial charge in [-0.15, -0.1) is 23.1 Å². The van der Waals surface area contributed by atoms with Crippen LogP contribution in [0.4, 0.5) is 10.7 Å². The highest BCUT2D eigenvalue weighted by atomic mass is 32.2. The number of thioether (sulfide) groups is 1. The minimum Gasteiger partial charge on any atom is -0.396 e. The first-order chi connectivity index (χ1) is 9.03. The van der Waals surface area contributed by atoms with Crippen molar-refractivity contribution in [1.29, 1.82) is 0 Å². The van der Waals surface area contributed by atoms with Gasteiger partial charge in [0.15, 0.2) is 5.78 Å². The number of rotatable bonds is 6. The maximum Gasteiger partial charge on any atom is 0.171 e. The molecule has 106 valence electrons. The lowest BCUT2D eigenvalue weighted by Gasteiger charge is -2.41. The van der Waals surface area contributed by atoms with Crippen molar-refractivity contribution in [2.75, 3.05) is 23.9 Å². The number of hydrogen-bond acceptors (Lipinski definition) is 5. The molecule has 1 heterocycles. The van der Waals surface area contributed by atoms with Crippen LogP contribution in [0.3, 0.4) is 0 Å². The fourth-order valence-corrected chi connectivity index (χ4v) is 4.54. The van der Waals surface area contributed by atoms with Crippen molar-refractivity contribution >= 4 is 39.6 Å². The summed E-state index contributed by atoms with van der Waals surface area (Å²) in [5.74, 6) is 0.0553. The summed E-state index contributed by atoms with van der Waals surface area (Å²) >= 11 is 3.11. The Morgan fingerprint density at radius 2 is 2.21 bits per heavy atom. The van der Waals surface area contributed by atoms with Crippen LogP contribution in [0.2, 0.25) is 0 Å². The van der Waals surface area contributed by atoms with Crippen molar-refractivity contribution in [3.63, 3.8) is 0 Å². The van der Waals surface area contributed by atoms with E-state index in [1.54, 1.807) is 18.7 Å². The van der Waals surface area contributed by atoms with Crippen molar-refractivity contribution in [3.05, 3.63) is 4.88 Å². The standard InChI is InChI=1S/C14H22N2OS2/c1-4-14(6-5-7-14)8-16-13-12(18-3)10(15)11(19-13)9(2)17/h16H,4-8,15H2,1-3H3. The molecule has 1 aliphatic rings. The van der Waals surface area contributed by atoms with Gasteiger partial charge in [0.05, 0.1) is 15.5 Å². The number of thiophene rings is 1. The van der Waals surface area contributed by atoms with Crippen LogP contribution >= 0.6 is 23.1 Å². The largest absolute Gasteiger partial charge is 0.396 e. The van der Waals surface area contributed by atoms with Gasteiger partial charge in [0.2, 0.25) is 0 Å². The summed E-state index contributed by atoms with van der Waals surface area (Å²) in [6, 6.07) is 0. The van der Waals surface area contributed by atoms with Gasteiger partial charge >= 0.3 is 0 Å². The number of Topliss-reactive ketones (excluding diaryl/α,β-unsaturated/α-hetero) is 1. The molecular weight excluding hydrogens is 276 g/mol. The summed E-state index contributed by atoms with van der Waals surface area (Å²) in [4.78, 5) is 13.3. The molecule has 0 aromatic carbocycles. The molecule has 1 saturated carbocycles. The van der Waals surface area contributed by atoms with Gasteiger partial charge in [-0.1, -0.05) is 13.3 Å². The molecule has 0 atom stereocenters. The van der Waals surface area contributed by atoms with Crippen LogP contribution in [0.1, 0.15) is 49.2 Å². The van der Waals surface area contributed by atoms with Crippen molar-refractivity contribution in [3.8, 4) is 0 Å². The summed E-state index contributed by atoms with van der Waals surface area (Å²) in [7, 11) is 0. The average molecular weight is 298 g/mol. The smallest absolute Gasteiger partial charge is 0.171 e. The van der Waals surface area contributed by atoms with Crippen LogP contribution in [0.25, 0.3) is 0 Å². The van der Waals surface area contributed by atoms with Gasteiger partial charge in [0, 0.05) is 13.5 Å². The van der Waals surface area contributed by atoms with Crippen LogP contribution in [0.5, 0.6) is 0 Å². The molecule has 3 N–H and O–H groups in total. The van der Waals surface area contributed by atoms with Gasteiger partial charge in [0.25, 0.3) is 0 Å². The monoisotopic (exact) mass is 298 g/mol. The number of anilines is 2. The minimum atomic E-state index is 0.0553. The molecule has 1 aliphatic carbocycles. The van der Waals surface area contributed by atoms with E-state index in [0.717, 1.165) is 16.4 Å². The number of hydrogen-bond donors (Lipinski definition) is 2. The molecule has 3 nitrogen and oxygen atoms in total. The molecule has 1 aromatic heterocycles. The van der Waals surface area contributed by atoms with Crippen molar-refractivity contribution in [1.82, 2.24) is 0 Å². The summed E-state index contributed by atoms with van der Waals surface area (Å²) in [6.07, 6.45) is 7.19. The Morgan fingerprint density at radius 3 is 2.63 bits per heavy atom. The van der Waals surface area contributed by atoms with Crippen LogP contribution in [0.15, 0.2) is 4.90 Å². The molecule has 2 rings (SSSR count). The lowest BCUT2D eigenvalue weighted by Crippen LogP contribution is -2.35. The number of nitrogens with one attached hydrogen (secondary N) is 1. The zero-order valence-electron chi connectivity index (χ0n) is 11.8. The highest BCUT2D eigenvalue weighted by molar-refractivity contribution is 7.99. The van der Waals surface area contributed by atoms with Gasteiger partial charge in [-0.25, -0.2) is 0 Å². The molecule has 0 amide bonds. The predicted octanol–water partition coefficient (Wildman–Crippen LogP) is 4.25. The zero-order chi connectivity index (χ0) is 14.0. The van der Waals surface area contributed by atoms with Gasteiger partial charge in [-0.05, 0) is 30.9 Å². The molecule has 0 bridgehead atoms. The number of ketones is 1. The Hall–Kier alpha value is -0.680. The molecule has 19 heavy (non-hydrogen) atoms. The molecular formula is C14H22N2OS2. The fourth-order valence-electron chi connectivity index (χ4n) is 2.61. The second-order valence-corrected chi connectivity index (χ2v) is 7.16. The zero-order valence-corrected chi connectivity index (χ0v) is 13.5. The Bertz CT molecular complexity index is 473. The van der Waals surface area contributed by atoms with E-state index in [4.69, 9.17) is 5.73 Å². The SMILES string of the molecule is CCC1(CNc2sc(C(C)=O)c(N)c2SC)CCC1. The Kier molecular flexibility index (Phi) is 4.46. The summed E-state index contributed by atoms with van der Waals surface area (Å²) in [5.41, 5.74) is 7.17. The molecule has 1 aromatic rings. The van der Waals surface area contributed by atoms with E-state index in [-0.39, 0.29) is 5.78 Å². The first-order valence-corrected chi connectivity index (χ1v) is 8.78. The van der Waals surface area contributed by atoms with Gasteiger partial charge in [0.1, 0.15) is 5.00 Å².